The van der Waals surface area contributed by atoms with Crippen LogP contribution in [0.15, 0.2) is 146 Å². The zero-order chi connectivity index (χ0) is 31.0. The average Bonchev–Trinajstić information content (AvgIpc) is 3.11. The van der Waals surface area contributed by atoms with Crippen molar-refractivity contribution >= 4 is 32.7 Å². The van der Waals surface area contributed by atoms with Crippen molar-refractivity contribution in [3.05, 3.63) is 174 Å². The highest BCUT2D eigenvalue weighted by atomic mass is 15.0. The van der Waals surface area contributed by atoms with Gasteiger partial charge in [-0.3, -0.25) is 0 Å². The first kappa shape index (κ1) is 27.8. The van der Waals surface area contributed by atoms with Crippen molar-refractivity contribution in [2.24, 2.45) is 0 Å². The van der Waals surface area contributed by atoms with Crippen molar-refractivity contribution in [2.75, 3.05) is 0 Å². The Morgan fingerprint density at radius 2 is 1.00 bits per heavy atom. The van der Waals surface area contributed by atoms with Crippen LogP contribution in [0.3, 0.4) is 0 Å². The third-order valence-electron chi connectivity index (χ3n) is 8.92. The Morgan fingerprint density at radius 1 is 0.478 bits per heavy atom. The van der Waals surface area contributed by atoms with Crippen molar-refractivity contribution in [3.8, 4) is 22.8 Å². The highest BCUT2D eigenvalue weighted by molar-refractivity contribution is 5.90. The second kappa shape index (κ2) is 11.7. The minimum atomic E-state index is 0.201. The first-order valence-corrected chi connectivity index (χ1v) is 15.9. The molecule has 7 aromatic rings. The van der Waals surface area contributed by atoms with E-state index in [-0.39, 0.29) is 5.92 Å². The van der Waals surface area contributed by atoms with Gasteiger partial charge in [-0.2, -0.15) is 0 Å². The summed E-state index contributed by atoms with van der Waals surface area (Å²) in [6.07, 6.45) is 5.46. The Balaban J connectivity index is 1.32. The van der Waals surface area contributed by atoms with E-state index in [9.17, 15) is 0 Å². The van der Waals surface area contributed by atoms with Gasteiger partial charge in [0.05, 0.1) is 0 Å². The third kappa shape index (κ3) is 5.52. The summed E-state index contributed by atoms with van der Waals surface area (Å²) in [5.41, 5.74) is 9.18. The molecule has 0 saturated carbocycles. The van der Waals surface area contributed by atoms with Crippen LogP contribution in [-0.4, -0.2) is 15.0 Å². The first-order chi connectivity index (χ1) is 22.6. The Bertz CT molecular complexity index is 2200. The molecule has 0 radical (unpaired) electrons. The molecule has 0 bridgehead atoms. The van der Waals surface area contributed by atoms with Gasteiger partial charge in [0.1, 0.15) is 0 Å². The molecule has 6 aromatic carbocycles. The molecule has 0 saturated heterocycles. The van der Waals surface area contributed by atoms with Crippen LogP contribution < -0.4 is 0 Å². The van der Waals surface area contributed by atoms with Crippen molar-refractivity contribution in [1.29, 1.82) is 0 Å². The third-order valence-corrected chi connectivity index (χ3v) is 8.92. The standard InChI is InChI=1S/C43H33N3/c1-28-13-15-32-17-19-34(23-36(32)21-28)41-44-42(35-20-18-33-16-14-29(2)22-37(33)24-35)46-43(45-41)40-26-38(30-9-5-3-6-10-30)25-39(27-40)31-11-7-4-8-12-31/h3-26,39H,27H2,1-2H3. The largest absolute Gasteiger partial charge is 0.209 e. The summed E-state index contributed by atoms with van der Waals surface area (Å²) in [5, 5.41) is 4.76. The molecule has 1 atom stereocenters. The van der Waals surface area contributed by atoms with E-state index in [0.29, 0.717) is 11.6 Å². The van der Waals surface area contributed by atoms with Crippen molar-refractivity contribution in [3.63, 3.8) is 0 Å². The van der Waals surface area contributed by atoms with Gasteiger partial charge in [-0.05, 0) is 82.3 Å². The van der Waals surface area contributed by atoms with E-state index in [4.69, 9.17) is 15.0 Å². The van der Waals surface area contributed by atoms with E-state index in [1.807, 2.05) is 0 Å². The number of benzene rings is 6. The van der Waals surface area contributed by atoms with Crippen LogP contribution in [0.5, 0.6) is 0 Å². The number of allylic oxidation sites excluding steroid dienone is 4. The maximum Gasteiger partial charge on any atom is 0.164 e. The quantitative estimate of drug-likeness (QED) is 0.200. The summed E-state index contributed by atoms with van der Waals surface area (Å²) in [5.74, 6) is 2.28. The smallest absolute Gasteiger partial charge is 0.164 e. The highest BCUT2D eigenvalue weighted by Gasteiger charge is 2.22. The maximum absolute atomic E-state index is 5.20. The summed E-state index contributed by atoms with van der Waals surface area (Å²) in [6.45, 7) is 4.26. The van der Waals surface area contributed by atoms with E-state index in [1.165, 1.54) is 49.4 Å². The molecule has 0 spiro atoms. The van der Waals surface area contributed by atoms with Crippen molar-refractivity contribution in [2.45, 2.75) is 26.2 Å². The Morgan fingerprint density at radius 3 is 1.59 bits per heavy atom. The van der Waals surface area contributed by atoms with Crippen LogP contribution in [-0.2, 0) is 0 Å². The Kier molecular flexibility index (Phi) is 7.07. The number of aryl methyl sites for hydroxylation is 2. The number of hydrogen-bond donors (Lipinski definition) is 0. The maximum atomic E-state index is 5.20. The molecule has 8 rings (SSSR count). The lowest BCUT2D eigenvalue weighted by molar-refractivity contribution is 0.856. The lowest BCUT2D eigenvalue weighted by Crippen LogP contribution is -2.08. The van der Waals surface area contributed by atoms with Gasteiger partial charge in [0, 0.05) is 17.0 Å². The van der Waals surface area contributed by atoms with Crippen LogP contribution in [0.1, 0.15) is 40.4 Å². The molecule has 1 unspecified atom stereocenters. The van der Waals surface area contributed by atoms with E-state index < -0.39 is 0 Å². The van der Waals surface area contributed by atoms with Gasteiger partial charge in [0.25, 0.3) is 0 Å². The predicted molar refractivity (Wildman–Crippen MR) is 191 cm³/mol. The fourth-order valence-corrected chi connectivity index (χ4v) is 6.48. The minimum absolute atomic E-state index is 0.201. The molecule has 0 amide bonds. The number of fused-ring (bicyclic) bond motifs is 2. The summed E-state index contributed by atoms with van der Waals surface area (Å²) in [4.78, 5) is 15.5. The molecule has 1 aromatic heterocycles. The Hall–Kier alpha value is -5.67. The summed E-state index contributed by atoms with van der Waals surface area (Å²) in [6, 6.07) is 47.4. The van der Waals surface area contributed by atoms with Gasteiger partial charge < -0.3 is 0 Å². The van der Waals surface area contributed by atoms with Gasteiger partial charge in [-0.25, -0.2) is 15.0 Å². The van der Waals surface area contributed by atoms with E-state index in [2.05, 4.69) is 159 Å². The molecule has 1 aliphatic rings. The van der Waals surface area contributed by atoms with E-state index >= 15 is 0 Å². The molecule has 3 nitrogen and oxygen atoms in total. The fourth-order valence-electron chi connectivity index (χ4n) is 6.48. The van der Waals surface area contributed by atoms with Crippen LogP contribution in [0.4, 0.5) is 0 Å². The topological polar surface area (TPSA) is 38.7 Å². The molecule has 46 heavy (non-hydrogen) atoms. The molecule has 0 N–H and O–H groups in total. The molecular formula is C43H33N3. The van der Waals surface area contributed by atoms with Gasteiger partial charge >= 0.3 is 0 Å². The van der Waals surface area contributed by atoms with Crippen LogP contribution >= 0.6 is 0 Å². The van der Waals surface area contributed by atoms with Crippen LogP contribution in [0.2, 0.25) is 0 Å². The number of aromatic nitrogens is 3. The molecule has 220 valence electrons. The molecular weight excluding hydrogens is 558 g/mol. The van der Waals surface area contributed by atoms with E-state index in [0.717, 1.165) is 28.9 Å². The first-order valence-electron chi connectivity index (χ1n) is 15.9. The number of hydrogen-bond acceptors (Lipinski definition) is 3. The van der Waals surface area contributed by atoms with Gasteiger partial charge in [-0.15, -0.1) is 0 Å². The van der Waals surface area contributed by atoms with Gasteiger partial charge in [0.15, 0.2) is 17.5 Å². The summed E-state index contributed by atoms with van der Waals surface area (Å²) in [7, 11) is 0. The van der Waals surface area contributed by atoms with E-state index in [1.54, 1.807) is 0 Å². The second-order valence-electron chi connectivity index (χ2n) is 12.3. The second-order valence-corrected chi connectivity index (χ2v) is 12.3. The predicted octanol–water partition coefficient (Wildman–Crippen LogP) is 10.8. The summed E-state index contributed by atoms with van der Waals surface area (Å²) >= 11 is 0. The summed E-state index contributed by atoms with van der Waals surface area (Å²) < 4.78 is 0. The number of rotatable bonds is 5. The van der Waals surface area contributed by atoms with Gasteiger partial charge in [0.2, 0.25) is 0 Å². The number of nitrogens with zero attached hydrogens (tertiary/aromatic N) is 3. The molecule has 0 fully saturated rings. The minimum Gasteiger partial charge on any atom is -0.209 e. The SMILES string of the molecule is Cc1ccc2ccc(-c3nc(C4=CC(c5ccccc5)=CC(c5ccccc5)C4)nc(-c4ccc5ccc(C)cc5c4)n3)cc2c1. The zero-order valence-electron chi connectivity index (χ0n) is 26.0. The van der Waals surface area contributed by atoms with Crippen LogP contribution in [0.25, 0.3) is 55.5 Å². The Labute approximate surface area is 269 Å². The molecule has 1 aliphatic carbocycles. The van der Waals surface area contributed by atoms with Crippen molar-refractivity contribution in [1.82, 2.24) is 15.0 Å². The average molecular weight is 592 g/mol. The lowest BCUT2D eigenvalue weighted by atomic mass is 9.83. The zero-order valence-corrected chi connectivity index (χ0v) is 26.0. The normalized spacial score (nSPS) is 14.7. The van der Waals surface area contributed by atoms with Crippen LogP contribution in [0, 0.1) is 13.8 Å². The highest BCUT2D eigenvalue weighted by Crippen LogP contribution is 2.39. The monoisotopic (exact) mass is 591 g/mol. The molecule has 0 aliphatic heterocycles. The molecule has 3 heteroatoms. The van der Waals surface area contributed by atoms with Crippen molar-refractivity contribution < 1.29 is 0 Å². The molecule has 1 heterocycles. The van der Waals surface area contributed by atoms with Gasteiger partial charge in [-0.1, -0.05) is 139 Å². The fraction of sp³-hybridized carbons (Fsp3) is 0.0930. The lowest BCUT2D eigenvalue weighted by Gasteiger charge is -2.22.